The molecule has 4 rings (SSSR count). The minimum Gasteiger partial charge on any atom is -0.314 e. The number of para-hydroxylation sites is 1. The van der Waals surface area contributed by atoms with Gasteiger partial charge in [0.05, 0.1) is 17.0 Å². The summed E-state index contributed by atoms with van der Waals surface area (Å²) >= 11 is 1.78. The monoisotopic (exact) mass is 284 g/mol. The van der Waals surface area contributed by atoms with E-state index in [9.17, 15) is 4.79 Å². The number of rotatable bonds is 0. The Morgan fingerprint density at radius 2 is 2.20 bits per heavy atom. The molecule has 3 nitrogen and oxygen atoms in total. The summed E-state index contributed by atoms with van der Waals surface area (Å²) in [6.07, 6.45) is 3.37. The molecule has 1 aromatic carbocycles. The predicted molar refractivity (Wildman–Crippen MR) is 83.3 cm³/mol. The van der Waals surface area contributed by atoms with Crippen molar-refractivity contribution in [1.29, 1.82) is 0 Å². The fourth-order valence-electron chi connectivity index (χ4n) is 3.31. The van der Waals surface area contributed by atoms with E-state index in [2.05, 4.69) is 6.07 Å². The number of hydrogen-bond donors (Lipinski definition) is 0. The highest BCUT2D eigenvalue weighted by molar-refractivity contribution is 8.00. The van der Waals surface area contributed by atoms with Gasteiger partial charge in [-0.2, -0.15) is 0 Å². The predicted octanol–water partition coefficient (Wildman–Crippen LogP) is 3.32. The van der Waals surface area contributed by atoms with E-state index in [1.54, 1.807) is 11.8 Å². The summed E-state index contributed by atoms with van der Waals surface area (Å²) in [5.41, 5.74) is 4.62. The third-order valence-corrected chi connectivity index (χ3v) is 5.59. The SMILES string of the molecule is CN1C(=O)CSC2CCCc3nc4ccccc4c1c32. The average Bonchev–Trinajstić information content (AvgIpc) is 2.61. The minimum atomic E-state index is 0.197. The van der Waals surface area contributed by atoms with E-state index >= 15 is 0 Å². The van der Waals surface area contributed by atoms with Crippen molar-refractivity contribution in [2.75, 3.05) is 17.7 Å². The Morgan fingerprint density at radius 3 is 3.10 bits per heavy atom. The van der Waals surface area contributed by atoms with Gasteiger partial charge in [0.25, 0.3) is 0 Å². The first-order chi connectivity index (χ1) is 9.75. The van der Waals surface area contributed by atoms with Crippen LogP contribution in [0.3, 0.4) is 0 Å². The highest BCUT2D eigenvalue weighted by atomic mass is 32.2. The van der Waals surface area contributed by atoms with Crippen molar-refractivity contribution in [1.82, 2.24) is 4.98 Å². The van der Waals surface area contributed by atoms with Gasteiger partial charge in [0, 0.05) is 28.9 Å². The Kier molecular flexibility index (Phi) is 2.74. The van der Waals surface area contributed by atoms with E-state index < -0.39 is 0 Å². The Morgan fingerprint density at radius 1 is 1.35 bits per heavy atom. The molecule has 2 aromatic rings. The molecule has 1 atom stereocenters. The number of amides is 1. The van der Waals surface area contributed by atoms with E-state index in [1.807, 2.05) is 30.1 Å². The lowest BCUT2D eigenvalue weighted by Crippen LogP contribution is -2.28. The van der Waals surface area contributed by atoms with Crippen molar-refractivity contribution in [2.45, 2.75) is 24.5 Å². The maximum absolute atomic E-state index is 12.3. The van der Waals surface area contributed by atoms with Crippen molar-refractivity contribution in [3.63, 3.8) is 0 Å². The molecule has 102 valence electrons. The third kappa shape index (κ3) is 1.67. The molecular weight excluding hydrogens is 268 g/mol. The molecule has 2 aliphatic rings. The van der Waals surface area contributed by atoms with Crippen molar-refractivity contribution in [2.24, 2.45) is 0 Å². The Labute approximate surface area is 122 Å². The number of hydrogen-bond acceptors (Lipinski definition) is 3. The van der Waals surface area contributed by atoms with Crippen molar-refractivity contribution in [3.8, 4) is 0 Å². The number of benzene rings is 1. The van der Waals surface area contributed by atoms with Crippen LogP contribution in [0, 0.1) is 0 Å². The standard InChI is InChI=1S/C16H16N2OS/c1-18-14(19)9-20-13-8-4-7-12-15(13)16(18)10-5-2-3-6-11(10)17-12/h2-3,5-6,13H,4,7-9H2,1H3. The lowest BCUT2D eigenvalue weighted by Gasteiger charge is -2.27. The molecule has 0 radical (unpaired) electrons. The number of nitrogens with zero attached hydrogens (tertiary/aromatic N) is 2. The third-order valence-electron chi connectivity index (χ3n) is 4.30. The van der Waals surface area contributed by atoms with Gasteiger partial charge in [0.2, 0.25) is 5.91 Å². The van der Waals surface area contributed by atoms with Gasteiger partial charge >= 0.3 is 0 Å². The summed E-state index contributed by atoms with van der Waals surface area (Å²) in [5, 5.41) is 1.54. The van der Waals surface area contributed by atoms with Crippen LogP contribution in [0.15, 0.2) is 24.3 Å². The molecule has 0 N–H and O–H groups in total. The van der Waals surface area contributed by atoms with Crippen LogP contribution < -0.4 is 4.90 Å². The summed E-state index contributed by atoms with van der Waals surface area (Å²) < 4.78 is 0. The fraction of sp³-hybridized carbons (Fsp3) is 0.375. The van der Waals surface area contributed by atoms with Crippen LogP contribution >= 0.6 is 11.8 Å². The molecule has 1 amide bonds. The number of aromatic nitrogens is 1. The summed E-state index contributed by atoms with van der Waals surface area (Å²) in [4.78, 5) is 19.0. The molecule has 1 aromatic heterocycles. The maximum atomic E-state index is 12.3. The molecule has 1 unspecified atom stereocenters. The number of aryl methyl sites for hydroxylation is 1. The number of thioether (sulfide) groups is 1. The molecule has 20 heavy (non-hydrogen) atoms. The van der Waals surface area contributed by atoms with E-state index in [4.69, 9.17) is 4.98 Å². The van der Waals surface area contributed by atoms with Crippen LogP contribution in [0.25, 0.3) is 10.9 Å². The lowest BCUT2D eigenvalue weighted by molar-refractivity contribution is -0.115. The van der Waals surface area contributed by atoms with Crippen molar-refractivity contribution in [3.05, 3.63) is 35.5 Å². The second-order valence-corrected chi connectivity index (χ2v) is 6.67. The Balaban J connectivity index is 2.11. The first-order valence-corrected chi connectivity index (χ1v) is 8.10. The molecule has 4 heteroatoms. The summed E-state index contributed by atoms with van der Waals surface area (Å²) in [7, 11) is 1.90. The molecule has 0 saturated heterocycles. The van der Waals surface area contributed by atoms with Gasteiger partial charge in [0.1, 0.15) is 0 Å². The van der Waals surface area contributed by atoms with E-state index in [1.165, 1.54) is 17.7 Å². The first-order valence-electron chi connectivity index (χ1n) is 7.05. The topological polar surface area (TPSA) is 33.2 Å². The van der Waals surface area contributed by atoms with E-state index in [0.29, 0.717) is 11.0 Å². The highest BCUT2D eigenvalue weighted by Crippen LogP contribution is 2.48. The van der Waals surface area contributed by atoms with Crippen LogP contribution in [0.2, 0.25) is 0 Å². The smallest absolute Gasteiger partial charge is 0.236 e. The molecule has 2 heterocycles. The molecule has 1 aliphatic heterocycles. The Hall–Kier alpha value is -1.55. The number of fused-ring (bicyclic) bond motifs is 2. The average molecular weight is 284 g/mol. The van der Waals surface area contributed by atoms with Gasteiger partial charge in [-0.25, -0.2) is 0 Å². The van der Waals surface area contributed by atoms with Gasteiger partial charge in [-0.3, -0.25) is 9.78 Å². The number of pyridine rings is 1. The zero-order chi connectivity index (χ0) is 13.7. The first kappa shape index (κ1) is 12.2. The van der Waals surface area contributed by atoms with Gasteiger partial charge in [-0.05, 0) is 25.3 Å². The Bertz CT molecular complexity index is 713. The largest absolute Gasteiger partial charge is 0.314 e. The summed E-state index contributed by atoms with van der Waals surface area (Å²) in [6, 6.07) is 8.18. The highest BCUT2D eigenvalue weighted by Gasteiger charge is 2.32. The normalized spacial score (nSPS) is 21.8. The van der Waals surface area contributed by atoms with Crippen LogP contribution in [-0.4, -0.2) is 23.7 Å². The van der Waals surface area contributed by atoms with Gasteiger partial charge in [-0.1, -0.05) is 18.2 Å². The molecule has 1 aliphatic carbocycles. The lowest BCUT2D eigenvalue weighted by atomic mass is 9.91. The van der Waals surface area contributed by atoms with Crippen LogP contribution in [0.1, 0.15) is 29.3 Å². The number of anilines is 1. The van der Waals surface area contributed by atoms with Crippen molar-refractivity contribution >= 4 is 34.3 Å². The van der Waals surface area contributed by atoms with Gasteiger partial charge in [-0.15, -0.1) is 11.8 Å². The van der Waals surface area contributed by atoms with Crippen LogP contribution in [0.4, 0.5) is 5.69 Å². The van der Waals surface area contributed by atoms with Crippen LogP contribution in [-0.2, 0) is 11.2 Å². The van der Waals surface area contributed by atoms with E-state index in [-0.39, 0.29) is 5.91 Å². The second-order valence-electron chi connectivity index (χ2n) is 5.48. The van der Waals surface area contributed by atoms with Crippen LogP contribution in [0.5, 0.6) is 0 Å². The zero-order valence-electron chi connectivity index (χ0n) is 11.4. The molecule has 0 bridgehead atoms. The fourth-order valence-corrected chi connectivity index (χ4v) is 4.59. The number of carbonyl (C=O) groups excluding carboxylic acids is 1. The van der Waals surface area contributed by atoms with Gasteiger partial charge < -0.3 is 4.90 Å². The molecular formula is C16H16N2OS. The molecule has 0 saturated carbocycles. The second kappa shape index (κ2) is 4.48. The minimum absolute atomic E-state index is 0.197. The van der Waals surface area contributed by atoms with Crippen molar-refractivity contribution < 1.29 is 4.79 Å². The zero-order valence-corrected chi connectivity index (χ0v) is 12.2. The maximum Gasteiger partial charge on any atom is 0.236 e. The summed E-state index contributed by atoms with van der Waals surface area (Å²) in [6.45, 7) is 0. The number of carbonyl (C=O) groups is 1. The molecule has 0 spiro atoms. The molecule has 0 fully saturated rings. The van der Waals surface area contributed by atoms with Gasteiger partial charge in [0.15, 0.2) is 0 Å². The van der Waals surface area contributed by atoms with E-state index in [0.717, 1.165) is 29.4 Å². The summed E-state index contributed by atoms with van der Waals surface area (Å²) in [5.74, 6) is 0.770. The quantitative estimate of drug-likeness (QED) is 0.744.